The van der Waals surface area contributed by atoms with Crippen LogP contribution in [0.15, 0.2) is 4.79 Å². The number of unbranched alkanes of at least 4 members (excludes halogenated alkanes) is 1. The number of nitrogens with zero attached hydrogens (tertiary/aromatic N) is 2. The van der Waals surface area contributed by atoms with E-state index in [1.165, 1.54) is 0 Å². The zero-order valence-electron chi connectivity index (χ0n) is 10.6. The van der Waals surface area contributed by atoms with Crippen molar-refractivity contribution < 1.29 is 0 Å². The third-order valence-electron chi connectivity index (χ3n) is 3.07. The Bertz CT molecular complexity index is 647. The SMILES string of the molecule is CCCCc1c(C)c2c(N)nc(N)nc2[nH]c1=O. The van der Waals surface area contributed by atoms with Gasteiger partial charge in [0.15, 0.2) is 0 Å². The minimum Gasteiger partial charge on any atom is -0.383 e. The lowest BCUT2D eigenvalue weighted by Crippen LogP contribution is -2.17. The number of rotatable bonds is 3. The molecule has 96 valence electrons. The van der Waals surface area contributed by atoms with Crippen molar-refractivity contribution in [2.45, 2.75) is 33.1 Å². The van der Waals surface area contributed by atoms with Crippen LogP contribution in [0.1, 0.15) is 30.9 Å². The number of aromatic nitrogens is 3. The van der Waals surface area contributed by atoms with Crippen LogP contribution >= 0.6 is 0 Å². The summed E-state index contributed by atoms with van der Waals surface area (Å²) in [5.41, 5.74) is 13.3. The molecule has 0 fully saturated rings. The maximum absolute atomic E-state index is 12.0. The average molecular weight is 247 g/mol. The van der Waals surface area contributed by atoms with E-state index in [0.717, 1.165) is 30.4 Å². The Kier molecular flexibility index (Phi) is 3.18. The van der Waals surface area contributed by atoms with E-state index in [0.29, 0.717) is 16.9 Å². The topological polar surface area (TPSA) is 111 Å². The molecule has 2 aromatic heterocycles. The Labute approximate surface area is 104 Å². The highest BCUT2D eigenvalue weighted by Crippen LogP contribution is 2.22. The molecular weight excluding hydrogens is 230 g/mol. The number of aromatic amines is 1. The summed E-state index contributed by atoms with van der Waals surface area (Å²) in [6, 6.07) is 0. The number of hydrogen-bond donors (Lipinski definition) is 3. The minimum absolute atomic E-state index is 0.0661. The van der Waals surface area contributed by atoms with Crippen LogP contribution in [0.4, 0.5) is 11.8 Å². The van der Waals surface area contributed by atoms with Crippen LogP contribution in [0.3, 0.4) is 0 Å². The van der Waals surface area contributed by atoms with Gasteiger partial charge in [0.25, 0.3) is 5.56 Å². The van der Waals surface area contributed by atoms with Crippen molar-refractivity contribution in [2.75, 3.05) is 11.5 Å². The van der Waals surface area contributed by atoms with E-state index in [1.54, 1.807) is 0 Å². The second kappa shape index (κ2) is 4.64. The van der Waals surface area contributed by atoms with Crippen LogP contribution in [0.2, 0.25) is 0 Å². The first-order valence-electron chi connectivity index (χ1n) is 5.99. The fourth-order valence-electron chi connectivity index (χ4n) is 2.11. The molecule has 0 bridgehead atoms. The van der Waals surface area contributed by atoms with Crippen molar-refractivity contribution in [3.63, 3.8) is 0 Å². The van der Waals surface area contributed by atoms with Crippen LogP contribution in [0.25, 0.3) is 11.0 Å². The Hall–Kier alpha value is -2.11. The maximum atomic E-state index is 12.0. The first-order valence-corrected chi connectivity index (χ1v) is 5.99. The predicted octanol–water partition coefficient (Wildman–Crippen LogP) is 1.13. The molecule has 6 nitrogen and oxygen atoms in total. The van der Waals surface area contributed by atoms with E-state index in [4.69, 9.17) is 11.5 Å². The lowest BCUT2D eigenvalue weighted by atomic mass is 10.0. The molecule has 0 saturated heterocycles. The third kappa shape index (κ3) is 2.01. The van der Waals surface area contributed by atoms with Gasteiger partial charge in [0, 0.05) is 5.56 Å². The van der Waals surface area contributed by atoms with Gasteiger partial charge in [0.1, 0.15) is 11.5 Å². The molecule has 0 radical (unpaired) electrons. The normalized spacial score (nSPS) is 11.0. The summed E-state index contributed by atoms with van der Waals surface area (Å²) in [4.78, 5) is 22.7. The molecule has 0 spiro atoms. The largest absolute Gasteiger partial charge is 0.383 e. The third-order valence-corrected chi connectivity index (χ3v) is 3.07. The fraction of sp³-hybridized carbons (Fsp3) is 0.417. The summed E-state index contributed by atoms with van der Waals surface area (Å²) in [7, 11) is 0. The Morgan fingerprint density at radius 3 is 2.67 bits per heavy atom. The van der Waals surface area contributed by atoms with Gasteiger partial charge in [-0.05, 0) is 25.3 Å². The zero-order valence-corrected chi connectivity index (χ0v) is 10.6. The van der Waals surface area contributed by atoms with Crippen LogP contribution in [0.5, 0.6) is 0 Å². The molecule has 0 aliphatic carbocycles. The average Bonchev–Trinajstić information content (AvgIpc) is 2.27. The van der Waals surface area contributed by atoms with Crippen LogP contribution < -0.4 is 17.0 Å². The van der Waals surface area contributed by atoms with Crippen LogP contribution in [-0.4, -0.2) is 15.0 Å². The van der Waals surface area contributed by atoms with Crippen LogP contribution in [0, 0.1) is 6.92 Å². The highest BCUT2D eigenvalue weighted by Gasteiger charge is 2.13. The molecule has 0 aliphatic heterocycles. The molecule has 2 aromatic rings. The van der Waals surface area contributed by atoms with Gasteiger partial charge in [-0.1, -0.05) is 13.3 Å². The summed E-state index contributed by atoms with van der Waals surface area (Å²) in [5, 5.41) is 0.690. The van der Waals surface area contributed by atoms with E-state index in [1.807, 2.05) is 6.92 Å². The van der Waals surface area contributed by atoms with Gasteiger partial charge in [0.2, 0.25) is 5.95 Å². The Balaban J connectivity index is 2.73. The zero-order chi connectivity index (χ0) is 13.3. The van der Waals surface area contributed by atoms with E-state index >= 15 is 0 Å². The quantitative estimate of drug-likeness (QED) is 0.753. The smallest absolute Gasteiger partial charge is 0.253 e. The number of nitrogen functional groups attached to an aromatic ring is 2. The number of pyridine rings is 1. The molecule has 6 heteroatoms. The van der Waals surface area contributed by atoms with Crippen molar-refractivity contribution in [1.82, 2.24) is 15.0 Å². The number of aryl methyl sites for hydroxylation is 1. The molecule has 0 unspecified atom stereocenters. The number of H-pyrrole nitrogens is 1. The van der Waals surface area contributed by atoms with Gasteiger partial charge < -0.3 is 16.5 Å². The van der Waals surface area contributed by atoms with Crippen molar-refractivity contribution >= 4 is 22.8 Å². The predicted molar refractivity (Wildman–Crippen MR) is 72.3 cm³/mol. The Morgan fingerprint density at radius 1 is 1.28 bits per heavy atom. The molecule has 0 amide bonds. The lowest BCUT2D eigenvalue weighted by molar-refractivity contribution is 0.784. The lowest BCUT2D eigenvalue weighted by Gasteiger charge is -2.09. The highest BCUT2D eigenvalue weighted by molar-refractivity contribution is 5.89. The number of anilines is 2. The first kappa shape index (κ1) is 12.3. The van der Waals surface area contributed by atoms with Gasteiger partial charge in [-0.2, -0.15) is 9.97 Å². The van der Waals surface area contributed by atoms with Gasteiger partial charge in [0.05, 0.1) is 5.39 Å². The van der Waals surface area contributed by atoms with E-state index in [-0.39, 0.29) is 11.5 Å². The number of nitrogens with one attached hydrogen (secondary N) is 1. The van der Waals surface area contributed by atoms with Gasteiger partial charge in [-0.15, -0.1) is 0 Å². The van der Waals surface area contributed by atoms with Gasteiger partial charge in [-0.3, -0.25) is 4.79 Å². The van der Waals surface area contributed by atoms with Crippen molar-refractivity contribution in [3.05, 3.63) is 21.5 Å². The van der Waals surface area contributed by atoms with Gasteiger partial charge >= 0.3 is 0 Å². The first-order chi connectivity index (χ1) is 8.54. The van der Waals surface area contributed by atoms with E-state index < -0.39 is 0 Å². The summed E-state index contributed by atoms with van der Waals surface area (Å²) in [6.45, 7) is 3.96. The standard InChI is InChI=1S/C12H17N5O/c1-3-4-5-7-6(2)8-9(13)15-12(14)17-10(8)16-11(7)18/h3-5H2,1-2H3,(H5,13,14,15,16,17,18). The number of hydrogen-bond acceptors (Lipinski definition) is 5. The number of nitrogens with two attached hydrogens (primary N) is 2. The molecular formula is C12H17N5O. The molecule has 2 rings (SSSR count). The minimum atomic E-state index is -0.119. The van der Waals surface area contributed by atoms with Gasteiger partial charge in [-0.25, -0.2) is 0 Å². The number of fused-ring (bicyclic) bond motifs is 1. The Morgan fingerprint density at radius 2 is 2.00 bits per heavy atom. The van der Waals surface area contributed by atoms with Crippen molar-refractivity contribution in [1.29, 1.82) is 0 Å². The monoisotopic (exact) mass is 247 g/mol. The molecule has 0 aliphatic rings. The highest BCUT2D eigenvalue weighted by atomic mass is 16.1. The van der Waals surface area contributed by atoms with E-state index in [9.17, 15) is 4.79 Å². The molecule has 2 heterocycles. The molecule has 18 heavy (non-hydrogen) atoms. The summed E-state index contributed by atoms with van der Waals surface area (Å²) in [5.74, 6) is 0.375. The molecule has 5 N–H and O–H groups in total. The maximum Gasteiger partial charge on any atom is 0.253 e. The summed E-state index contributed by atoms with van der Waals surface area (Å²) >= 11 is 0. The van der Waals surface area contributed by atoms with Crippen LogP contribution in [-0.2, 0) is 6.42 Å². The van der Waals surface area contributed by atoms with E-state index in [2.05, 4.69) is 21.9 Å². The fourth-order valence-corrected chi connectivity index (χ4v) is 2.11. The van der Waals surface area contributed by atoms with Crippen molar-refractivity contribution in [3.8, 4) is 0 Å². The second-order valence-electron chi connectivity index (χ2n) is 4.35. The molecule has 0 atom stereocenters. The summed E-state index contributed by atoms with van der Waals surface area (Å²) < 4.78 is 0. The second-order valence-corrected chi connectivity index (χ2v) is 4.35. The molecule has 0 saturated carbocycles. The molecule has 0 aromatic carbocycles. The van der Waals surface area contributed by atoms with Crippen molar-refractivity contribution in [2.24, 2.45) is 0 Å². The summed E-state index contributed by atoms with van der Waals surface area (Å²) in [6.07, 6.45) is 2.73.